The van der Waals surface area contributed by atoms with Gasteiger partial charge in [0.15, 0.2) is 0 Å². The molecule has 0 saturated carbocycles. The smallest absolute Gasteiger partial charge is 0.104 e. The summed E-state index contributed by atoms with van der Waals surface area (Å²) >= 11 is 0. The van der Waals surface area contributed by atoms with E-state index in [2.05, 4.69) is 5.73 Å². The van der Waals surface area contributed by atoms with Gasteiger partial charge < -0.3 is 20.3 Å². The van der Waals surface area contributed by atoms with Crippen LogP contribution in [0.3, 0.4) is 0 Å². The second-order valence-corrected chi connectivity index (χ2v) is 1.41. The minimum atomic E-state index is 0.426. The van der Waals surface area contributed by atoms with Crippen molar-refractivity contribution in [3.8, 4) is 0 Å². The van der Waals surface area contributed by atoms with E-state index >= 15 is 0 Å². The van der Waals surface area contributed by atoms with E-state index in [1.165, 1.54) is 7.05 Å². The number of methoxy groups -OCH3 is 1. The number of nitrogens with two attached hydrogens (primary N) is 1. The Morgan fingerprint density at radius 2 is 2.00 bits per heavy atom. The van der Waals surface area contributed by atoms with E-state index in [0.29, 0.717) is 6.10 Å². The Hall–Kier alpha value is -0.160. The zero-order valence-corrected chi connectivity index (χ0v) is 6.83. The molecule has 0 aromatic carbocycles. The summed E-state index contributed by atoms with van der Waals surface area (Å²) in [6.45, 7) is 1.66. The van der Waals surface area contributed by atoms with Crippen LogP contribution in [0.4, 0.5) is 0 Å². The summed E-state index contributed by atoms with van der Waals surface area (Å²) in [6, 6.07) is 0. The molecular weight excluding hydrogens is 134 g/mol. The highest BCUT2D eigenvalue weighted by Crippen LogP contribution is 2.06. The van der Waals surface area contributed by atoms with Gasteiger partial charge in [-0.1, -0.05) is 0 Å². The van der Waals surface area contributed by atoms with E-state index in [4.69, 9.17) is 14.6 Å². The van der Waals surface area contributed by atoms with E-state index in [-0.39, 0.29) is 0 Å². The van der Waals surface area contributed by atoms with Crippen LogP contribution >= 0.6 is 0 Å². The number of aliphatic hydroxyl groups is 1. The van der Waals surface area contributed by atoms with Crippen LogP contribution in [0.5, 0.6) is 0 Å². The van der Waals surface area contributed by atoms with Gasteiger partial charge in [-0.25, -0.2) is 0 Å². The van der Waals surface area contributed by atoms with Crippen molar-refractivity contribution >= 4 is 0 Å². The van der Waals surface area contributed by atoms with Crippen molar-refractivity contribution in [2.24, 2.45) is 5.73 Å². The maximum absolute atomic E-state index is 7.00. The topological polar surface area (TPSA) is 68.0 Å². The van der Waals surface area contributed by atoms with Gasteiger partial charge in [-0.05, 0) is 7.05 Å². The normalized spacial score (nSPS) is 19.5. The van der Waals surface area contributed by atoms with E-state index in [1.807, 2.05) is 0 Å². The molecule has 1 heterocycles. The van der Waals surface area contributed by atoms with Crippen LogP contribution < -0.4 is 5.73 Å². The average Bonchev–Trinajstić information content (AvgIpc) is 2.81. The molecule has 4 heteroatoms. The molecule has 0 aromatic heterocycles. The van der Waals surface area contributed by atoms with E-state index in [1.54, 1.807) is 7.11 Å². The molecule has 1 rings (SSSR count). The average molecular weight is 151 g/mol. The minimum Gasteiger partial charge on any atom is -0.400 e. The lowest BCUT2D eigenvalue weighted by molar-refractivity contribution is 0.171. The molecule has 10 heavy (non-hydrogen) atoms. The SMILES string of the molecule is CN.CO.COCC1CO1. The van der Waals surface area contributed by atoms with Crippen LogP contribution in [0.1, 0.15) is 0 Å². The van der Waals surface area contributed by atoms with Gasteiger partial charge in [-0.3, -0.25) is 0 Å². The first-order chi connectivity index (χ1) is 4.93. The summed E-state index contributed by atoms with van der Waals surface area (Å²) in [4.78, 5) is 0. The van der Waals surface area contributed by atoms with Crippen LogP contribution in [0.25, 0.3) is 0 Å². The second kappa shape index (κ2) is 11.6. The van der Waals surface area contributed by atoms with Crippen LogP contribution in [0, 0.1) is 0 Å². The van der Waals surface area contributed by atoms with Crippen LogP contribution in [0.2, 0.25) is 0 Å². The molecular formula is C6H17NO3. The van der Waals surface area contributed by atoms with Crippen molar-refractivity contribution in [3.05, 3.63) is 0 Å². The summed E-state index contributed by atoms with van der Waals surface area (Å²) in [6.07, 6.45) is 0.426. The fourth-order valence-corrected chi connectivity index (χ4v) is 0.350. The van der Waals surface area contributed by atoms with Crippen molar-refractivity contribution in [2.45, 2.75) is 6.10 Å². The van der Waals surface area contributed by atoms with Gasteiger partial charge in [0.05, 0.1) is 13.2 Å². The Labute approximate surface area is 61.9 Å². The van der Waals surface area contributed by atoms with E-state index < -0.39 is 0 Å². The molecule has 0 spiro atoms. The molecule has 0 aromatic rings. The second-order valence-electron chi connectivity index (χ2n) is 1.41. The fourth-order valence-electron chi connectivity index (χ4n) is 0.350. The highest BCUT2D eigenvalue weighted by molar-refractivity contribution is 4.66. The Kier molecular flexibility index (Phi) is 14.5. The molecule has 1 atom stereocenters. The van der Waals surface area contributed by atoms with Gasteiger partial charge >= 0.3 is 0 Å². The maximum atomic E-state index is 7.00. The molecule has 0 amide bonds. The molecule has 64 valence electrons. The molecule has 0 aliphatic carbocycles. The van der Waals surface area contributed by atoms with Gasteiger partial charge in [0, 0.05) is 14.2 Å². The third-order valence-electron chi connectivity index (χ3n) is 0.755. The van der Waals surface area contributed by atoms with Crippen molar-refractivity contribution < 1.29 is 14.6 Å². The largest absolute Gasteiger partial charge is 0.400 e. The van der Waals surface area contributed by atoms with Gasteiger partial charge in [-0.15, -0.1) is 0 Å². The lowest BCUT2D eigenvalue weighted by atomic mass is 10.5. The summed E-state index contributed by atoms with van der Waals surface area (Å²) in [5.41, 5.74) is 4.50. The van der Waals surface area contributed by atoms with Crippen molar-refractivity contribution in [1.29, 1.82) is 0 Å². The first-order valence-corrected chi connectivity index (χ1v) is 3.06. The zero-order valence-electron chi connectivity index (χ0n) is 6.83. The Morgan fingerprint density at radius 1 is 1.60 bits per heavy atom. The first-order valence-electron chi connectivity index (χ1n) is 3.06. The summed E-state index contributed by atoms with van der Waals surface area (Å²) in [5.74, 6) is 0. The maximum Gasteiger partial charge on any atom is 0.104 e. The molecule has 0 radical (unpaired) electrons. The highest BCUT2D eigenvalue weighted by Gasteiger charge is 2.21. The van der Waals surface area contributed by atoms with Gasteiger partial charge in [0.25, 0.3) is 0 Å². The van der Waals surface area contributed by atoms with Crippen LogP contribution in [-0.2, 0) is 9.47 Å². The Morgan fingerprint density at radius 3 is 2.10 bits per heavy atom. The number of ether oxygens (including phenoxy) is 2. The molecule has 1 aliphatic heterocycles. The summed E-state index contributed by atoms with van der Waals surface area (Å²) < 4.78 is 9.56. The van der Waals surface area contributed by atoms with Crippen molar-refractivity contribution in [2.75, 3.05) is 34.5 Å². The monoisotopic (exact) mass is 151 g/mol. The summed E-state index contributed by atoms with van der Waals surface area (Å²) in [7, 11) is 4.18. The van der Waals surface area contributed by atoms with E-state index in [9.17, 15) is 0 Å². The number of hydrogen-bond donors (Lipinski definition) is 2. The molecule has 1 aliphatic rings. The zero-order chi connectivity index (χ0) is 8.41. The van der Waals surface area contributed by atoms with Gasteiger partial charge in [0.2, 0.25) is 0 Å². The lowest BCUT2D eigenvalue weighted by Gasteiger charge is -1.84. The number of aliphatic hydroxyl groups excluding tert-OH is 1. The third kappa shape index (κ3) is 10.8. The quantitative estimate of drug-likeness (QED) is 0.508. The standard InChI is InChI=1S/C4H8O2.CH5N.CH4O/c1-5-2-4-3-6-4;2*1-2/h4H,2-3H2,1H3;2H2,1H3;2H,1H3. The molecule has 3 N–H and O–H groups in total. The summed E-state index contributed by atoms with van der Waals surface area (Å²) in [5, 5.41) is 7.00. The Bertz CT molecular complexity index is 48.3. The van der Waals surface area contributed by atoms with Gasteiger partial charge in [-0.2, -0.15) is 0 Å². The predicted molar refractivity (Wildman–Crippen MR) is 39.9 cm³/mol. The first kappa shape index (κ1) is 12.5. The number of rotatable bonds is 2. The predicted octanol–water partition coefficient (Wildman–Crippen LogP) is -0.785. The molecule has 1 fully saturated rings. The number of epoxide rings is 1. The third-order valence-corrected chi connectivity index (χ3v) is 0.755. The minimum absolute atomic E-state index is 0.426. The molecule has 1 unspecified atom stereocenters. The molecule has 0 bridgehead atoms. The van der Waals surface area contributed by atoms with Crippen LogP contribution in [-0.4, -0.2) is 45.7 Å². The molecule has 4 nitrogen and oxygen atoms in total. The Balaban J connectivity index is 0. The fraction of sp³-hybridized carbons (Fsp3) is 1.00. The lowest BCUT2D eigenvalue weighted by Crippen LogP contribution is -1.94. The molecule has 1 saturated heterocycles. The van der Waals surface area contributed by atoms with E-state index in [0.717, 1.165) is 20.3 Å². The van der Waals surface area contributed by atoms with Crippen molar-refractivity contribution in [3.63, 3.8) is 0 Å². The number of hydrogen-bond acceptors (Lipinski definition) is 4. The van der Waals surface area contributed by atoms with Crippen LogP contribution in [0.15, 0.2) is 0 Å². The van der Waals surface area contributed by atoms with Crippen molar-refractivity contribution in [1.82, 2.24) is 0 Å². The van der Waals surface area contributed by atoms with Gasteiger partial charge in [0.1, 0.15) is 6.10 Å². The highest BCUT2D eigenvalue weighted by atomic mass is 16.6.